The Morgan fingerprint density at radius 3 is 2.27 bits per heavy atom. The summed E-state index contributed by atoms with van der Waals surface area (Å²) in [5, 5.41) is 10.3. The minimum absolute atomic E-state index is 0.535. The Labute approximate surface area is 94.0 Å². The van der Waals surface area contributed by atoms with Crippen LogP contribution in [-0.2, 0) is 0 Å². The number of rotatable bonds is 3. The molecule has 15 heavy (non-hydrogen) atoms. The number of hydrogen-bond donors (Lipinski definition) is 1. The third-order valence-corrected chi connectivity index (χ3v) is 2.90. The molecule has 1 rings (SSSR count). The Morgan fingerprint density at radius 2 is 1.87 bits per heavy atom. The number of hydrogen-bond acceptors (Lipinski definition) is 2. The monoisotopic (exact) mass is 211 g/mol. The highest BCUT2D eigenvalue weighted by Gasteiger charge is 2.29. The van der Waals surface area contributed by atoms with Crippen molar-refractivity contribution >= 4 is 0 Å². The van der Waals surface area contributed by atoms with E-state index in [1.165, 1.54) is 5.57 Å². The van der Waals surface area contributed by atoms with Crippen molar-refractivity contribution < 1.29 is 5.11 Å². The molecule has 1 heterocycles. The lowest BCUT2D eigenvalue weighted by Crippen LogP contribution is -2.44. The molecule has 1 aliphatic heterocycles. The first-order chi connectivity index (χ1) is 6.91. The molecular weight excluding hydrogens is 186 g/mol. The van der Waals surface area contributed by atoms with Crippen molar-refractivity contribution in [3.63, 3.8) is 0 Å². The fraction of sp³-hybridized carbons (Fsp3) is 0.846. The van der Waals surface area contributed by atoms with Crippen molar-refractivity contribution in [3.8, 4) is 0 Å². The van der Waals surface area contributed by atoms with E-state index in [2.05, 4.69) is 32.6 Å². The molecule has 0 saturated carbocycles. The van der Waals surface area contributed by atoms with Gasteiger partial charge in [-0.2, -0.15) is 0 Å². The summed E-state index contributed by atoms with van der Waals surface area (Å²) in [6.07, 6.45) is 3.79. The molecule has 0 unspecified atom stereocenters. The lowest BCUT2D eigenvalue weighted by molar-refractivity contribution is 0.0155. The van der Waals surface area contributed by atoms with Gasteiger partial charge in [-0.3, -0.25) is 0 Å². The van der Waals surface area contributed by atoms with Gasteiger partial charge in [-0.1, -0.05) is 25.5 Å². The molecule has 0 aliphatic carbocycles. The topological polar surface area (TPSA) is 23.5 Å². The summed E-state index contributed by atoms with van der Waals surface area (Å²) in [5.41, 5.74) is 0.682. The van der Waals surface area contributed by atoms with Gasteiger partial charge in [0.1, 0.15) is 0 Å². The normalized spacial score (nSPS) is 21.7. The van der Waals surface area contributed by atoms with Crippen LogP contribution in [0.2, 0.25) is 0 Å². The lowest BCUT2D eigenvalue weighted by atomic mass is 9.89. The van der Waals surface area contributed by atoms with Gasteiger partial charge in [0, 0.05) is 19.6 Å². The van der Waals surface area contributed by atoms with Gasteiger partial charge in [-0.05, 0) is 32.6 Å². The maximum atomic E-state index is 10.3. The second kappa shape index (κ2) is 5.13. The van der Waals surface area contributed by atoms with Crippen LogP contribution in [0, 0.1) is 5.92 Å². The Balaban J connectivity index is 2.44. The van der Waals surface area contributed by atoms with Crippen molar-refractivity contribution in [3.05, 3.63) is 11.6 Å². The van der Waals surface area contributed by atoms with Gasteiger partial charge in [-0.25, -0.2) is 0 Å². The maximum Gasteiger partial charge on any atom is 0.0854 e. The number of nitrogens with zero attached hydrogens (tertiary/aromatic N) is 1. The minimum atomic E-state index is -0.535. The highest BCUT2D eigenvalue weighted by Crippen LogP contribution is 2.25. The number of piperidine rings is 1. The van der Waals surface area contributed by atoms with Crippen LogP contribution in [-0.4, -0.2) is 35.2 Å². The molecule has 0 amide bonds. The Kier molecular flexibility index (Phi) is 4.35. The SMILES string of the molecule is CC(C)=CC1(O)CCN(CC(C)C)CC1. The molecule has 1 aliphatic rings. The molecule has 0 aromatic heterocycles. The van der Waals surface area contributed by atoms with E-state index in [1.54, 1.807) is 0 Å². The minimum Gasteiger partial charge on any atom is -0.386 e. The molecular formula is C13H25NO. The fourth-order valence-corrected chi connectivity index (χ4v) is 2.32. The predicted octanol–water partition coefficient (Wildman–Crippen LogP) is 2.44. The summed E-state index contributed by atoms with van der Waals surface area (Å²) in [6.45, 7) is 11.8. The van der Waals surface area contributed by atoms with E-state index in [4.69, 9.17) is 0 Å². The van der Waals surface area contributed by atoms with Gasteiger partial charge in [-0.15, -0.1) is 0 Å². The van der Waals surface area contributed by atoms with Gasteiger partial charge in [0.05, 0.1) is 5.60 Å². The number of aliphatic hydroxyl groups is 1. The molecule has 0 radical (unpaired) electrons. The molecule has 2 nitrogen and oxygen atoms in total. The van der Waals surface area contributed by atoms with E-state index in [0.29, 0.717) is 0 Å². The van der Waals surface area contributed by atoms with E-state index in [1.807, 2.05) is 6.08 Å². The van der Waals surface area contributed by atoms with Crippen molar-refractivity contribution in [2.24, 2.45) is 5.92 Å². The predicted molar refractivity (Wildman–Crippen MR) is 64.9 cm³/mol. The molecule has 1 N–H and O–H groups in total. The van der Waals surface area contributed by atoms with E-state index in [-0.39, 0.29) is 0 Å². The molecule has 1 fully saturated rings. The zero-order valence-electron chi connectivity index (χ0n) is 10.6. The Morgan fingerprint density at radius 1 is 1.33 bits per heavy atom. The van der Waals surface area contributed by atoms with Gasteiger partial charge >= 0.3 is 0 Å². The number of allylic oxidation sites excluding steroid dienone is 1. The summed E-state index contributed by atoms with van der Waals surface area (Å²) < 4.78 is 0. The molecule has 0 aromatic carbocycles. The van der Waals surface area contributed by atoms with E-state index < -0.39 is 5.60 Å². The summed E-state index contributed by atoms with van der Waals surface area (Å²) >= 11 is 0. The zero-order valence-corrected chi connectivity index (χ0v) is 10.6. The van der Waals surface area contributed by atoms with Gasteiger partial charge in [0.25, 0.3) is 0 Å². The van der Waals surface area contributed by atoms with Crippen LogP contribution < -0.4 is 0 Å². The van der Waals surface area contributed by atoms with Crippen LogP contribution in [0.5, 0.6) is 0 Å². The van der Waals surface area contributed by atoms with Crippen LogP contribution in [0.3, 0.4) is 0 Å². The van der Waals surface area contributed by atoms with E-state index in [0.717, 1.165) is 38.4 Å². The second-order valence-corrected chi connectivity index (χ2v) is 5.52. The molecule has 0 spiro atoms. The van der Waals surface area contributed by atoms with Crippen molar-refractivity contribution in [2.75, 3.05) is 19.6 Å². The summed E-state index contributed by atoms with van der Waals surface area (Å²) in [5.74, 6) is 0.722. The van der Waals surface area contributed by atoms with Crippen molar-refractivity contribution in [1.82, 2.24) is 4.90 Å². The molecule has 1 saturated heterocycles. The lowest BCUT2D eigenvalue weighted by Gasteiger charge is -2.37. The first-order valence-corrected chi connectivity index (χ1v) is 6.02. The van der Waals surface area contributed by atoms with Crippen molar-refractivity contribution in [2.45, 2.75) is 46.1 Å². The molecule has 2 heteroatoms. The van der Waals surface area contributed by atoms with Crippen LogP contribution in [0.25, 0.3) is 0 Å². The van der Waals surface area contributed by atoms with Crippen LogP contribution in [0.15, 0.2) is 11.6 Å². The number of likely N-dealkylation sites (tertiary alicyclic amines) is 1. The molecule has 0 atom stereocenters. The fourth-order valence-electron chi connectivity index (χ4n) is 2.32. The van der Waals surface area contributed by atoms with Gasteiger partial charge < -0.3 is 10.0 Å². The second-order valence-electron chi connectivity index (χ2n) is 5.52. The largest absolute Gasteiger partial charge is 0.386 e. The first-order valence-electron chi connectivity index (χ1n) is 6.02. The van der Waals surface area contributed by atoms with Crippen molar-refractivity contribution in [1.29, 1.82) is 0 Å². The van der Waals surface area contributed by atoms with Crippen LogP contribution in [0.4, 0.5) is 0 Å². The quantitative estimate of drug-likeness (QED) is 0.725. The highest BCUT2D eigenvalue weighted by atomic mass is 16.3. The smallest absolute Gasteiger partial charge is 0.0854 e. The van der Waals surface area contributed by atoms with Gasteiger partial charge in [0.15, 0.2) is 0 Å². The van der Waals surface area contributed by atoms with E-state index >= 15 is 0 Å². The van der Waals surface area contributed by atoms with E-state index in [9.17, 15) is 5.11 Å². The Bertz CT molecular complexity index is 221. The van der Waals surface area contributed by atoms with Crippen LogP contribution >= 0.6 is 0 Å². The van der Waals surface area contributed by atoms with Gasteiger partial charge in [0.2, 0.25) is 0 Å². The average molecular weight is 211 g/mol. The van der Waals surface area contributed by atoms with Crippen LogP contribution in [0.1, 0.15) is 40.5 Å². The summed E-state index contributed by atoms with van der Waals surface area (Å²) in [4.78, 5) is 2.46. The zero-order chi connectivity index (χ0) is 11.5. The Hall–Kier alpha value is -0.340. The maximum absolute atomic E-state index is 10.3. The highest BCUT2D eigenvalue weighted by molar-refractivity contribution is 5.08. The summed E-state index contributed by atoms with van der Waals surface area (Å²) in [6, 6.07) is 0. The molecule has 0 bridgehead atoms. The summed E-state index contributed by atoms with van der Waals surface area (Å²) in [7, 11) is 0. The molecule has 0 aromatic rings. The standard InChI is InChI=1S/C13H25NO/c1-11(2)9-13(15)5-7-14(8-6-13)10-12(3)4/h9,12,15H,5-8,10H2,1-4H3. The first kappa shape index (κ1) is 12.7. The molecule has 88 valence electrons. The third kappa shape index (κ3) is 4.35. The third-order valence-electron chi connectivity index (χ3n) is 2.90. The average Bonchev–Trinajstić information content (AvgIpc) is 2.07.